The number of amides is 3. The second-order valence-corrected chi connectivity index (χ2v) is 7.53. The Balaban J connectivity index is 2.40. The van der Waals surface area contributed by atoms with Crippen molar-refractivity contribution in [1.82, 2.24) is 16.0 Å². The van der Waals surface area contributed by atoms with Gasteiger partial charge in [-0.1, -0.05) is 26.0 Å². The molecular formula is C20H32N4O4. The fraction of sp³-hybridized carbons (Fsp3) is 0.550. The Morgan fingerprint density at radius 1 is 1.04 bits per heavy atom. The quantitative estimate of drug-likeness (QED) is 0.392. The lowest BCUT2D eigenvalue weighted by molar-refractivity contribution is -0.133. The molecule has 0 spiro atoms. The summed E-state index contributed by atoms with van der Waals surface area (Å²) in [7, 11) is 0. The monoisotopic (exact) mass is 392 g/mol. The molecule has 0 aliphatic carbocycles. The van der Waals surface area contributed by atoms with E-state index in [1.807, 2.05) is 6.92 Å². The van der Waals surface area contributed by atoms with Crippen molar-refractivity contribution < 1.29 is 19.5 Å². The minimum absolute atomic E-state index is 0.0284. The summed E-state index contributed by atoms with van der Waals surface area (Å²) in [6, 6.07) is 4.78. The molecule has 1 aromatic carbocycles. The predicted octanol–water partition coefficient (Wildman–Crippen LogP) is 0.434. The molecule has 0 bridgehead atoms. The van der Waals surface area contributed by atoms with Crippen LogP contribution in [0.5, 0.6) is 5.75 Å². The third kappa shape index (κ3) is 8.96. The zero-order valence-corrected chi connectivity index (χ0v) is 17.0. The van der Waals surface area contributed by atoms with E-state index in [-0.39, 0.29) is 24.8 Å². The van der Waals surface area contributed by atoms with Gasteiger partial charge in [-0.2, -0.15) is 0 Å². The molecule has 1 rings (SSSR count). The molecule has 0 fully saturated rings. The molecule has 0 heterocycles. The van der Waals surface area contributed by atoms with E-state index in [1.54, 1.807) is 12.1 Å². The Bertz CT molecular complexity index is 661. The molecule has 1 unspecified atom stereocenters. The van der Waals surface area contributed by atoms with E-state index in [1.165, 1.54) is 19.1 Å². The van der Waals surface area contributed by atoms with Gasteiger partial charge in [-0.05, 0) is 50.3 Å². The molecule has 3 amide bonds. The largest absolute Gasteiger partial charge is 0.508 e. The predicted molar refractivity (Wildman–Crippen MR) is 107 cm³/mol. The van der Waals surface area contributed by atoms with E-state index in [0.29, 0.717) is 5.92 Å². The highest BCUT2D eigenvalue weighted by Gasteiger charge is 2.21. The van der Waals surface area contributed by atoms with Crippen molar-refractivity contribution in [3.63, 3.8) is 0 Å². The third-order valence-corrected chi connectivity index (χ3v) is 4.18. The van der Waals surface area contributed by atoms with Crippen LogP contribution in [0.25, 0.3) is 0 Å². The van der Waals surface area contributed by atoms with E-state index in [0.717, 1.165) is 12.0 Å². The molecule has 0 saturated heterocycles. The minimum atomic E-state index is -0.893. The molecule has 8 nitrogen and oxygen atoms in total. The number of rotatable bonds is 10. The number of carbonyl (C=O) groups excluding carboxylic acids is 3. The number of nitrogens with one attached hydrogen (secondary N) is 3. The Kier molecular flexibility index (Phi) is 9.61. The van der Waals surface area contributed by atoms with Gasteiger partial charge in [0.2, 0.25) is 17.7 Å². The second-order valence-electron chi connectivity index (χ2n) is 7.53. The first-order chi connectivity index (χ1) is 13.1. The van der Waals surface area contributed by atoms with Crippen LogP contribution in [0, 0.1) is 5.92 Å². The average molecular weight is 393 g/mol. The van der Waals surface area contributed by atoms with Crippen molar-refractivity contribution in [1.29, 1.82) is 0 Å². The Morgan fingerprint density at radius 3 is 2.21 bits per heavy atom. The van der Waals surface area contributed by atoms with Crippen molar-refractivity contribution in [2.75, 3.05) is 6.54 Å². The Morgan fingerprint density at radius 2 is 1.64 bits per heavy atom. The molecule has 3 atom stereocenters. The van der Waals surface area contributed by atoms with Crippen LogP contribution in [0.1, 0.15) is 39.7 Å². The summed E-state index contributed by atoms with van der Waals surface area (Å²) in [5, 5.41) is 17.1. The van der Waals surface area contributed by atoms with Crippen LogP contribution < -0.4 is 21.7 Å². The molecule has 1 aromatic rings. The topological polar surface area (TPSA) is 134 Å². The number of carbonyl (C=O) groups is 3. The first-order valence-electron chi connectivity index (χ1n) is 9.49. The average Bonchev–Trinajstić information content (AvgIpc) is 2.61. The fourth-order valence-electron chi connectivity index (χ4n) is 2.71. The highest BCUT2D eigenvalue weighted by atomic mass is 16.3. The summed E-state index contributed by atoms with van der Waals surface area (Å²) >= 11 is 0. The van der Waals surface area contributed by atoms with Crippen LogP contribution >= 0.6 is 0 Å². The third-order valence-electron chi connectivity index (χ3n) is 4.18. The van der Waals surface area contributed by atoms with Crippen LogP contribution in [0.15, 0.2) is 24.3 Å². The minimum Gasteiger partial charge on any atom is -0.508 e. The van der Waals surface area contributed by atoms with Gasteiger partial charge in [-0.3, -0.25) is 19.7 Å². The summed E-state index contributed by atoms with van der Waals surface area (Å²) in [5.74, 6) is -0.895. The van der Waals surface area contributed by atoms with Crippen molar-refractivity contribution in [3.05, 3.63) is 29.8 Å². The van der Waals surface area contributed by atoms with E-state index in [4.69, 9.17) is 5.73 Å². The van der Waals surface area contributed by atoms with E-state index in [9.17, 15) is 19.5 Å². The first kappa shape index (κ1) is 23.6. The number of hydrogen-bond acceptors (Lipinski definition) is 6. The highest BCUT2D eigenvalue weighted by molar-refractivity contribution is 6.00. The lowest BCUT2D eigenvalue weighted by Gasteiger charge is -2.18. The SMILES string of the molecule is CC(C)CC(C)NCC(=O)NC(=O)[C@@H](C)NC(=O)[C@@H](N)Cc1ccc(O)cc1. The molecule has 156 valence electrons. The number of aromatic hydroxyl groups is 1. The van der Waals surface area contributed by atoms with Gasteiger partial charge in [0, 0.05) is 6.04 Å². The maximum absolute atomic E-state index is 12.2. The smallest absolute Gasteiger partial charge is 0.248 e. The fourth-order valence-corrected chi connectivity index (χ4v) is 2.71. The standard InChI is InChI=1S/C20H32N4O4/c1-12(2)9-13(3)22-11-18(26)24-19(27)14(4)23-20(28)17(21)10-15-5-7-16(25)8-6-15/h5-8,12-14,17,22,25H,9-11,21H2,1-4H3,(H,23,28)(H,24,26,27)/t13?,14-,17+/m1/s1. The molecule has 0 aliphatic rings. The van der Waals surface area contributed by atoms with Gasteiger partial charge in [0.1, 0.15) is 11.8 Å². The molecule has 28 heavy (non-hydrogen) atoms. The molecular weight excluding hydrogens is 360 g/mol. The van der Waals surface area contributed by atoms with Crippen LogP contribution in [0.2, 0.25) is 0 Å². The number of imide groups is 1. The van der Waals surface area contributed by atoms with Crippen molar-refractivity contribution in [2.24, 2.45) is 11.7 Å². The van der Waals surface area contributed by atoms with Gasteiger partial charge in [-0.25, -0.2) is 0 Å². The van der Waals surface area contributed by atoms with Gasteiger partial charge in [0.05, 0.1) is 12.6 Å². The summed E-state index contributed by atoms with van der Waals surface area (Å²) in [6.45, 7) is 7.69. The van der Waals surface area contributed by atoms with E-state index in [2.05, 4.69) is 29.8 Å². The molecule has 8 heteroatoms. The zero-order chi connectivity index (χ0) is 21.3. The van der Waals surface area contributed by atoms with Gasteiger partial charge >= 0.3 is 0 Å². The van der Waals surface area contributed by atoms with Gasteiger partial charge in [-0.15, -0.1) is 0 Å². The summed E-state index contributed by atoms with van der Waals surface area (Å²) in [5.41, 5.74) is 6.66. The van der Waals surface area contributed by atoms with Gasteiger partial charge < -0.3 is 21.5 Å². The summed E-state index contributed by atoms with van der Waals surface area (Å²) < 4.78 is 0. The van der Waals surface area contributed by atoms with Crippen LogP contribution in [-0.2, 0) is 20.8 Å². The van der Waals surface area contributed by atoms with Crippen molar-refractivity contribution in [3.8, 4) is 5.75 Å². The van der Waals surface area contributed by atoms with E-state index < -0.39 is 29.8 Å². The van der Waals surface area contributed by atoms with Gasteiger partial charge in [0.25, 0.3) is 0 Å². The molecule has 0 saturated carbocycles. The number of benzene rings is 1. The number of nitrogens with two attached hydrogens (primary N) is 1. The summed E-state index contributed by atoms with van der Waals surface area (Å²) in [4.78, 5) is 36.1. The molecule has 0 radical (unpaired) electrons. The lowest BCUT2D eigenvalue weighted by Crippen LogP contribution is -2.52. The van der Waals surface area contributed by atoms with Crippen molar-refractivity contribution >= 4 is 17.7 Å². The Hall–Kier alpha value is -2.45. The molecule has 0 aromatic heterocycles. The maximum atomic E-state index is 12.2. The normalized spacial score (nSPS) is 14.2. The van der Waals surface area contributed by atoms with Crippen LogP contribution in [-0.4, -0.2) is 47.5 Å². The lowest BCUT2D eigenvalue weighted by atomic mass is 10.1. The number of phenols is 1. The maximum Gasteiger partial charge on any atom is 0.248 e. The number of phenolic OH excluding ortho intramolecular Hbond substituents is 1. The molecule has 6 N–H and O–H groups in total. The van der Waals surface area contributed by atoms with Crippen LogP contribution in [0.3, 0.4) is 0 Å². The summed E-state index contributed by atoms with van der Waals surface area (Å²) in [6.07, 6.45) is 1.18. The molecule has 0 aliphatic heterocycles. The zero-order valence-electron chi connectivity index (χ0n) is 17.0. The highest BCUT2D eigenvalue weighted by Crippen LogP contribution is 2.11. The van der Waals surface area contributed by atoms with Crippen molar-refractivity contribution in [2.45, 2.75) is 58.7 Å². The van der Waals surface area contributed by atoms with E-state index >= 15 is 0 Å². The second kappa shape index (κ2) is 11.4. The Labute approximate surface area is 166 Å². The number of hydrogen-bond donors (Lipinski definition) is 5. The van der Waals surface area contributed by atoms with Gasteiger partial charge in [0.15, 0.2) is 0 Å². The first-order valence-corrected chi connectivity index (χ1v) is 9.49. The van der Waals surface area contributed by atoms with Crippen LogP contribution in [0.4, 0.5) is 0 Å².